The summed E-state index contributed by atoms with van der Waals surface area (Å²) in [6.45, 7) is 6.66. The van der Waals surface area contributed by atoms with E-state index in [4.69, 9.17) is 14.1 Å². The number of para-hydroxylation sites is 2. The molecule has 0 aliphatic heterocycles. The first-order valence-electron chi connectivity index (χ1n) is 13.1. The normalized spacial score (nSPS) is 12.1. The van der Waals surface area contributed by atoms with Gasteiger partial charge in [-0.05, 0) is 73.6 Å². The van der Waals surface area contributed by atoms with Gasteiger partial charge in [-0.15, -0.1) is 0 Å². The highest BCUT2D eigenvalue weighted by Crippen LogP contribution is 2.22. The van der Waals surface area contributed by atoms with Gasteiger partial charge in [-0.25, -0.2) is 4.98 Å². The fraction of sp³-hybridized carbons (Fsp3) is 0.400. The molecular weight excluding hydrogens is 450 g/mol. The molecular formula is C30H37N3O3. The van der Waals surface area contributed by atoms with Crippen molar-refractivity contribution < 1.29 is 13.9 Å². The minimum absolute atomic E-state index is 0.157. The highest BCUT2D eigenvalue weighted by atomic mass is 16.5. The number of carbonyl (C=O) groups excluding carboxylic acids is 1. The summed E-state index contributed by atoms with van der Waals surface area (Å²) in [6.07, 6.45) is 7.46. The molecule has 6 nitrogen and oxygen atoms in total. The minimum Gasteiger partial charge on any atom is -0.494 e. The number of fused-ring (bicyclic) bond motifs is 1. The maximum Gasteiger partial charge on any atom is 0.286 e. The molecule has 1 amide bonds. The van der Waals surface area contributed by atoms with Gasteiger partial charge in [-0.2, -0.15) is 0 Å². The molecule has 0 saturated heterocycles. The molecule has 0 radical (unpaired) electrons. The van der Waals surface area contributed by atoms with E-state index in [1.807, 2.05) is 6.07 Å². The number of benzene rings is 2. The summed E-state index contributed by atoms with van der Waals surface area (Å²) < 4.78 is 13.5. The minimum atomic E-state index is -0.157. The zero-order valence-electron chi connectivity index (χ0n) is 21.4. The van der Waals surface area contributed by atoms with Gasteiger partial charge in [0, 0.05) is 19.5 Å². The van der Waals surface area contributed by atoms with Gasteiger partial charge in [-0.1, -0.05) is 44.5 Å². The number of amides is 1. The van der Waals surface area contributed by atoms with Crippen LogP contribution in [0.1, 0.15) is 73.8 Å². The van der Waals surface area contributed by atoms with Crippen molar-refractivity contribution in [1.29, 1.82) is 0 Å². The van der Waals surface area contributed by atoms with E-state index in [0.29, 0.717) is 24.8 Å². The van der Waals surface area contributed by atoms with E-state index in [1.54, 1.807) is 12.1 Å². The van der Waals surface area contributed by atoms with Crippen molar-refractivity contribution in [3.63, 3.8) is 0 Å². The summed E-state index contributed by atoms with van der Waals surface area (Å²) in [6, 6.07) is 20.2. The predicted molar refractivity (Wildman–Crippen MR) is 144 cm³/mol. The molecule has 2 heterocycles. The van der Waals surface area contributed by atoms with Gasteiger partial charge in [0.15, 0.2) is 5.76 Å². The van der Waals surface area contributed by atoms with Gasteiger partial charge in [0.25, 0.3) is 5.91 Å². The van der Waals surface area contributed by atoms with Crippen molar-refractivity contribution in [2.24, 2.45) is 0 Å². The third kappa shape index (κ3) is 6.78. The Labute approximate surface area is 213 Å². The molecule has 0 aliphatic rings. The van der Waals surface area contributed by atoms with E-state index in [-0.39, 0.29) is 5.91 Å². The first-order chi connectivity index (χ1) is 17.7. The molecule has 0 saturated carbocycles. The Morgan fingerprint density at radius 3 is 2.64 bits per heavy atom. The summed E-state index contributed by atoms with van der Waals surface area (Å²) in [5, 5.41) is 2.91. The molecule has 2 aromatic heterocycles. The Balaban J connectivity index is 1.24. The van der Waals surface area contributed by atoms with E-state index < -0.39 is 0 Å². The molecule has 4 aromatic rings. The van der Waals surface area contributed by atoms with Crippen LogP contribution in [0.15, 0.2) is 71.3 Å². The highest BCUT2D eigenvalue weighted by Gasteiger charge is 2.11. The summed E-state index contributed by atoms with van der Waals surface area (Å²) in [4.78, 5) is 16.8. The first-order valence-corrected chi connectivity index (χ1v) is 13.1. The maximum absolute atomic E-state index is 11.9. The molecule has 1 N–H and O–H groups in total. The Hall–Kier alpha value is -3.54. The van der Waals surface area contributed by atoms with Crippen molar-refractivity contribution in [2.45, 2.75) is 64.8 Å². The second-order valence-corrected chi connectivity index (χ2v) is 9.29. The quantitative estimate of drug-likeness (QED) is 0.200. The van der Waals surface area contributed by atoms with Crippen molar-refractivity contribution in [2.75, 3.05) is 13.2 Å². The van der Waals surface area contributed by atoms with Crippen LogP contribution in [0.5, 0.6) is 5.75 Å². The molecule has 190 valence electrons. The smallest absolute Gasteiger partial charge is 0.286 e. The third-order valence-electron chi connectivity index (χ3n) is 6.70. The lowest BCUT2D eigenvalue weighted by Gasteiger charge is -2.12. The fourth-order valence-corrected chi connectivity index (χ4v) is 4.39. The van der Waals surface area contributed by atoms with Gasteiger partial charge in [-0.3, -0.25) is 4.79 Å². The van der Waals surface area contributed by atoms with Crippen LogP contribution in [0.25, 0.3) is 11.0 Å². The van der Waals surface area contributed by atoms with Crippen molar-refractivity contribution >= 4 is 16.9 Å². The van der Waals surface area contributed by atoms with Gasteiger partial charge in [0.1, 0.15) is 11.6 Å². The average molecular weight is 488 g/mol. The molecule has 6 heteroatoms. The number of aryl methyl sites for hydroxylation is 2. The fourth-order valence-electron chi connectivity index (χ4n) is 4.39. The molecule has 36 heavy (non-hydrogen) atoms. The first kappa shape index (κ1) is 25.5. The number of unbranched alkanes of at least 4 members (excludes halogenated alkanes) is 2. The van der Waals surface area contributed by atoms with Crippen LogP contribution >= 0.6 is 0 Å². The zero-order valence-corrected chi connectivity index (χ0v) is 21.4. The van der Waals surface area contributed by atoms with E-state index in [9.17, 15) is 4.79 Å². The van der Waals surface area contributed by atoms with Crippen LogP contribution in [0.2, 0.25) is 0 Å². The summed E-state index contributed by atoms with van der Waals surface area (Å²) in [5.74, 6) is 2.82. The Morgan fingerprint density at radius 1 is 1.03 bits per heavy atom. The Morgan fingerprint density at radius 2 is 1.86 bits per heavy atom. The van der Waals surface area contributed by atoms with Crippen molar-refractivity contribution in [1.82, 2.24) is 14.9 Å². The molecule has 0 spiro atoms. The standard InChI is InChI=1S/C30H37N3O3/c1-3-23(2)24-15-17-25(18-16-24)35-22-10-20-33-27-12-7-6-11-26(27)32-29(33)14-5-4-8-19-31-30(34)28-13-9-21-36-28/h6-7,9,11-13,15-18,21,23H,3-5,8,10,14,19-20,22H2,1-2H3,(H,31,34). The topological polar surface area (TPSA) is 69.3 Å². The van der Waals surface area contributed by atoms with Crippen LogP contribution in [0, 0.1) is 0 Å². The molecule has 0 aliphatic carbocycles. The summed E-state index contributed by atoms with van der Waals surface area (Å²) >= 11 is 0. The number of nitrogens with one attached hydrogen (secondary N) is 1. The van der Waals surface area contributed by atoms with Gasteiger partial charge >= 0.3 is 0 Å². The molecule has 0 fully saturated rings. The summed E-state index contributed by atoms with van der Waals surface area (Å²) in [7, 11) is 0. The van der Waals surface area contributed by atoms with E-state index in [0.717, 1.165) is 62.2 Å². The number of nitrogens with zero attached hydrogens (tertiary/aromatic N) is 2. The second-order valence-electron chi connectivity index (χ2n) is 9.29. The van der Waals surface area contributed by atoms with E-state index >= 15 is 0 Å². The highest BCUT2D eigenvalue weighted by molar-refractivity contribution is 5.91. The van der Waals surface area contributed by atoms with Gasteiger partial charge in [0.05, 0.1) is 23.9 Å². The monoisotopic (exact) mass is 487 g/mol. The number of rotatable bonds is 14. The Bertz CT molecular complexity index is 1210. The number of furan rings is 1. The lowest BCUT2D eigenvalue weighted by atomic mass is 9.99. The zero-order chi connectivity index (χ0) is 25.2. The number of ether oxygens (including phenoxy) is 1. The Kier molecular flexibility index (Phi) is 9.20. The molecule has 4 rings (SSSR count). The van der Waals surface area contributed by atoms with Crippen LogP contribution in [0.3, 0.4) is 0 Å². The number of imidazole rings is 1. The second kappa shape index (κ2) is 13.0. The van der Waals surface area contributed by atoms with Crippen LogP contribution in [-0.2, 0) is 13.0 Å². The predicted octanol–water partition coefficient (Wildman–Crippen LogP) is 6.75. The third-order valence-corrected chi connectivity index (χ3v) is 6.70. The van der Waals surface area contributed by atoms with Crippen molar-refractivity contribution in [3.05, 3.63) is 84.1 Å². The van der Waals surface area contributed by atoms with Crippen LogP contribution < -0.4 is 10.1 Å². The largest absolute Gasteiger partial charge is 0.494 e. The van der Waals surface area contributed by atoms with E-state index in [2.05, 4.69) is 66.2 Å². The number of hydrogen-bond donors (Lipinski definition) is 1. The molecule has 1 unspecified atom stereocenters. The number of aromatic nitrogens is 2. The SMILES string of the molecule is CCC(C)c1ccc(OCCCn2c(CCCCCNC(=O)c3ccco3)nc3ccccc32)cc1. The lowest BCUT2D eigenvalue weighted by molar-refractivity contribution is 0.0925. The molecule has 2 aromatic carbocycles. The van der Waals surface area contributed by atoms with Crippen molar-refractivity contribution in [3.8, 4) is 5.75 Å². The number of hydrogen-bond acceptors (Lipinski definition) is 4. The maximum atomic E-state index is 11.9. The van der Waals surface area contributed by atoms with Gasteiger partial charge < -0.3 is 19.0 Å². The van der Waals surface area contributed by atoms with Gasteiger partial charge in [0.2, 0.25) is 0 Å². The van der Waals surface area contributed by atoms with Crippen LogP contribution in [0.4, 0.5) is 0 Å². The number of carbonyl (C=O) groups is 1. The average Bonchev–Trinajstić information content (AvgIpc) is 3.57. The molecule has 1 atom stereocenters. The van der Waals surface area contributed by atoms with Crippen LogP contribution in [-0.4, -0.2) is 28.6 Å². The van der Waals surface area contributed by atoms with E-state index in [1.165, 1.54) is 17.3 Å². The molecule has 0 bridgehead atoms. The lowest BCUT2D eigenvalue weighted by Crippen LogP contribution is -2.23. The summed E-state index contributed by atoms with van der Waals surface area (Å²) in [5.41, 5.74) is 3.58.